The van der Waals surface area contributed by atoms with Gasteiger partial charge >= 0.3 is 0 Å². The van der Waals surface area contributed by atoms with Gasteiger partial charge in [0.2, 0.25) is 0 Å². The van der Waals surface area contributed by atoms with Crippen LogP contribution in [0.5, 0.6) is 5.75 Å². The third kappa shape index (κ3) is 4.10. The number of nitrogens with one attached hydrogen (secondary N) is 1. The lowest BCUT2D eigenvalue weighted by atomic mass is 10.2. The number of morpholine rings is 1. The van der Waals surface area contributed by atoms with E-state index in [4.69, 9.17) is 21.1 Å². The molecule has 0 saturated carbocycles. The van der Waals surface area contributed by atoms with Crippen molar-refractivity contribution in [2.75, 3.05) is 40.0 Å². The zero-order valence-electron chi connectivity index (χ0n) is 11.5. The minimum atomic E-state index is -0.0383. The summed E-state index contributed by atoms with van der Waals surface area (Å²) in [6.45, 7) is 3.17. The molecule has 1 fully saturated rings. The topological polar surface area (TPSA) is 50.8 Å². The summed E-state index contributed by atoms with van der Waals surface area (Å²) in [5, 5.41) is 3.57. The van der Waals surface area contributed by atoms with Crippen LogP contribution in [0.1, 0.15) is 5.56 Å². The SMILES string of the molecule is CNCc1ccc(OCC(=O)N2CCOCC2)c(Cl)c1. The van der Waals surface area contributed by atoms with Gasteiger partial charge in [0.15, 0.2) is 6.61 Å². The van der Waals surface area contributed by atoms with Crippen molar-refractivity contribution in [2.45, 2.75) is 6.54 Å². The van der Waals surface area contributed by atoms with E-state index >= 15 is 0 Å². The molecule has 6 heteroatoms. The van der Waals surface area contributed by atoms with Crippen LogP contribution in [-0.4, -0.2) is 50.8 Å². The molecule has 0 aliphatic carbocycles. The normalized spacial score (nSPS) is 15.2. The van der Waals surface area contributed by atoms with E-state index in [0.717, 1.165) is 12.1 Å². The van der Waals surface area contributed by atoms with Gasteiger partial charge in [-0.2, -0.15) is 0 Å². The summed E-state index contributed by atoms with van der Waals surface area (Å²) >= 11 is 6.14. The largest absolute Gasteiger partial charge is 0.482 e. The molecule has 0 radical (unpaired) electrons. The van der Waals surface area contributed by atoms with E-state index in [9.17, 15) is 4.79 Å². The second-order valence-corrected chi connectivity index (χ2v) is 4.98. The molecule has 1 N–H and O–H groups in total. The van der Waals surface area contributed by atoms with E-state index in [1.54, 1.807) is 11.0 Å². The molecule has 1 saturated heterocycles. The standard InChI is InChI=1S/C14H19ClN2O3/c1-16-9-11-2-3-13(12(15)8-11)20-10-14(18)17-4-6-19-7-5-17/h2-3,8,16H,4-7,9-10H2,1H3. The van der Waals surface area contributed by atoms with E-state index in [-0.39, 0.29) is 12.5 Å². The Balaban J connectivity index is 1.88. The maximum absolute atomic E-state index is 11.9. The van der Waals surface area contributed by atoms with E-state index < -0.39 is 0 Å². The molecule has 0 atom stereocenters. The quantitative estimate of drug-likeness (QED) is 0.890. The van der Waals surface area contributed by atoms with Crippen LogP contribution in [0.3, 0.4) is 0 Å². The van der Waals surface area contributed by atoms with Gasteiger partial charge in [-0.25, -0.2) is 0 Å². The van der Waals surface area contributed by atoms with E-state index in [1.165, 1.54) is 0 Å². The molecule has 1 aromatic rings. The van der Waals surface area contributed by atoms with Gasteiger partial charge in [0.25, 0.3) is 5.91 Å². The molecule has 2 rings (SSSR count). The predicted molar refractivity (Wildman–Crippen MR) is 77.1 cm³/mol. The highest BCUT2D eigenvalue weighted by atomic mass is 35.5. The summed E-state index contributed by atoms with van der Waals surface area (Å²) in [5.41, 5.74) is 1.07. The molecule has 0 unspecified atom stereocenters. The lowest BCUT2D eigenvalue weighted by molar-refractivity contribution is -0.137. The van der Waals surface area contributed by atoms with Crippen molar-refractivity contribution < 1.29 is 14.3 Å². The van der Waals surface area contributed by atoms with Gasteiger partial charge in [0, 0.05) is 19.6 Å². The van der Waals surface area contributed by atoms with Crippen molar-refractivity contribution in [1.82, 2.24) is 10.2 Å². The highest BCUT2D eigenvalue weighted by Gasteiger charge is 2.17. The van der Waals surface area contributed by atoms with Gasteiger partial charge in [0.1, 0.15) is 5.75 Å². The summed E-state index contributed by atoms with van der Waals surface area (Å²) < 4.78 is 10.7. The van der Waals surface area contributed by atoms with E-state index in [1.807, 2.05) is 19.2 Å². The number of halogens is 1. The Kier molecular flexibility index (Phi) is 5.64. The van der Waals surface area contributed by atoms with Crippen LogP contribution >= 0.6 is 11.6 Å². The number of carbonyl (C=O) groups is 1. The van der Waals surface area contributed by atoms with Gasteiger partial charge in [-0.15, -0.1) is 0 Å². The van der Waals surface area contributed by atoms with Crippen LogP contribution in [0.4, 0.5) is 0 Å². The van der Waals surface area contributed by atoms with Crippen LogP contribution in [0.25, 0.3) is 0 Å². The predicted octanol–water partition coefficient (Wildman–Crippen LogP) is 1.30. The molecule has 1 aromatic carbocycles. The third-order valence-electron chi connectivity index (χ3n) is 3.09. The number of nitrogens with zero attached hydrogens (tertiary/aromatic N) is 1. The van der Waals surface area contributed by atoms with Crippen LogP contribution in [0.2, 0.25) is 5.02 Å². The Morgan fingerprint density at radius 3 is 2.85 bits per heavy atom. The van der Waals surface area contributed by atoms with Crippen LogP contribution < -0.4 is 10.1 Å². The van der Waals surface area contributed by atoms with Crippen molar-refractivity contribution in [3.8, 4) is 5.75 Å². The Bertz CT molecular complexity index is 462. The zero-order valence-corrected chi connectivity index (χ0v) is 12.3. The second-order valence-electron chi connectivity index (χ2n) is 4.58. The monoisotopic (exact) mass is 298 g/mol. The van der Waals surface area contributed by atoms with Gasteiger partial charge < -0.3 is 19.7 Å². The Labute approximate surface area is 123 Å². The molecule has 5 nitrogen and oxygen atoms in total. The fraction of sp³-hybridized carbons (Fsp3) is 0.500. The van der Waals surface area contributed by atoms with E-state index in [0.29, 0.717) is 37.1 Å². The van der Waals surface area contributed by atoms with Gasteiger partial charge in [-0.1, -0.05) is 17.7 Å². The lowest BCUT2D eigenvalue weighted by Crippen LogP contribution is -2.43. The maximum atomic E-state index is 11.9. The molecule has 1 aliphatic rings. The molecule has 1 amide bonds. The first kappa shape index (κ1) is 15.1. The second kappa shape index (κ2) is 7.47. The fourth-order valence-electron chi connectivity index (χ4n) is 2.02. The van der Waals surface area contributed by atoms with Crippen LogP contribution in [-0.2, 0) is 16.1 Å². The average Bonchev–Trinajstić information content (AvgIpc) is 2.47. The highest BCUT2D eigenvalue weighted by molar-refractivity contribution is 6.32. The van der Waals surface area contributed by atoms with Crippen molar-refractivity contribution >= 4 is 17.5 Å². The number of hydrogen-bond acceptors (Lipinski definition) is 4. The summed E-state index contributed by atoms with van der Waals surface area (Å²) in [5.74, 6) is 0.497. The minimum absolute atomic E-state index is 0.00505. The smallest absolute Gasteiger partial charge is 0.260 e. The van der Waals surface area contributed by atoms with Crippen LogP contribution in [0.15, 0.2) is 18.2 Å². The molecule has 0 bridgehead atoms. The summed E-state index contributed by atoms with van der Waals surface area (Å²) in [6, 6.07) is 5.56. The number of hydrogen-bond donors (Lipinski definition) is 1. The Morgan fingerprint density at radius 1 is 1.45 bits per heavy atom. The molecule has 0 aromatic heterocycles. The fourth-order valence-corrected chi connectivity index (χ4v) is 2.28. The molecule has 1 aliphatic heterocycles. The van der Waals surface area contributed by atoms with Crippen molar-refractivity contribution in [3.63, 3.8) is 0 Å². The highest BCUT2D eigenvalue weighted by Crippen LogP contribution is 2.25. The van der Waals surface area contributed by atoms with Crippen molar-refractivity contribution in [2.24, 2.45) is 0 Å². The summed E-state index contributed by atoms with van der Waals surface area (Å²) in [6.07, 6.45) is 0. The summed E-state index contributed by atoms with van der Waals surface area (Å²) in [7, 11) is 1.87. The van der Waals surface area contributed by atoms with Crippen molar-refractivity contribution in [1.29, 1.82) is 0 Å². The summed E-state index contributed by atoms with van der Waals surface area (Å²) in [4.78, 5) is 13.7. The molecule has 1 heterocycles. The Hall–Kier alpha value is -1.30. The molecule has 110 valence electrons. The first-order valence-electron chi connectivity index (χ1n) is 6.62. The number of carbonyl (C=O) groups excluding carboxylic acids is 1. The minimum Gasteiger partial charge on any atom is -0.482 e. The number of ether oxygens (including phenoxy) is 2. The first-order chi connectivity index (χ1) is 9.70. The number of amides is 1. The molecule has 0 spiro atoms. The van der Waals surface area contributed by atoms with Gasteiger partial charge in [-0.3, -0.25) is 4.79 Å². The zero-order chi connectivity index (χ0) is 14.4. The maximum Gasteiger partial charge on any atom is 0.260 e. The van der Waals surface area contributed by atoms with Gasteiger partial charge in [0.05, 0.1) is 18.2 Å². The van der Waals surface area contributed by atoms with Gasteiger partial charge in [-0.05, 0) is 24.7 Å². The van der Waals surface area contributed by atoms with E-state index in [2.05, 4.69) is 5.32 Å². The number of rotatable bonds is 5. The third-order valence-corrected chi connectivity index (χ3v) is 3.39. The van der Waals surface area contributed by atoms with Crippen LogP contribution in [0, 0.1) is 0 Å². The number of benzene rings is 1. The first-order valence-corrected chi connectivity index (χ1v) is 7.00. The van der Waals surface area contributed by atoms with Crippen molar-refractivity contribution in [3.05, 3.63) is 28.8 Å². The molecular formula is C14H19ClN2O3. The lowest BCUT2D eigenvalue weighted by Gasteiger charge is -2.26. The average molecular weight is 299 g/mol. The Morgan fingerprint density at radius 2 is 2.20 bits per heavy atom. The molecule has 20 heavy (non-hydrogen) atoms. The molecular weight excluding hydrogens is 280 g/mol.